The number of amides is 2. The average Bonchev–Trinajstić information content (AvgIpc) is 2.83. The summed E-state index contributed by atoms with van der Waals surface area (Å²) < 4.78 is 16.0. The van der Waals surface area contributed by atoms with Gasteiger partial charge in [-0.2, -0.15) is 0 Å². The van der Waals surface area contributed by atoms with Gasteiger partial charge in [-0.15, -0.1) is 0 Å². The fourth-order valence-electron chi connectivity index (χ4n) is 3.36. The Morgan fingerprint density at radius 1 is 0.800 bits per heavy atom. The van der Waals surface area contributed by atoms with Gasteiger partial charge in [0.05, 0.1) is 14.2 Å². The number of carboxylic acid groups (broad SMARTS) is 1. The van der Waals surface area contributed by atoms with Crippen molar-refractivity contribution in [3.63, 3.8) is 0 Å². The normalized spacial score (nSPS) is 10.9. The van der Waals surface area contributed by atoms with Crippen molar-refractivity contribution in [3.8, 4) is 17.2 Å². The molecule has 0 bridgehead atoms. The Morgan fingerprint density at radius 3 is 2.06 bits per heavy atom. The lowest BCUT2D eigenvalue weighted by atomic mass is 10.0. The summed E-state index contributed by atoms with van der Waals surface area (Å²) in [5.41, 5.74) is 2.13. The molecule has 0 aliphatic carbocycles. The van der Waals surface area contributed by atoms with Crippen LogP contribution in [0.1, 0.15) is 25.0 Å². The molecular weight excluding hydrogens is 448 g/mol. The summed E-state index contributed by atoms with van der Waals surface area (Å²) in [4.78, 5) is 23.7. The monoisotopic (exact) mass is 478 g/mol. The van der Waals surface area contributed by atoms with E-state index in [2.05, 4.69) is 10.6 Å². The molecule has 3 aromatic carbocycles. The topological polar surface area (TPSA) is 106 Å². The zero-order valence-electron chi connectivity index (χ0n) is 20.3. The molecule has 2 amide bonds. The number of rotatable bonds is 10. The van der Waals surface area contributed by atoms with Crippen molar-refractivity contribution in [2.45, 2.75) is 32.3 Å². The minimum atomic E-state index is -1.29. The van der Waals surface area contributed by atoms with E-state index in [9.17, 15) is 14.7 Å². The zero-order chi connectivity index (χ0) is 25.4. The second-order valence-corrected chi connectivity index (χ2v) is 8.41. The molecule has 35 heavy (non-hydrogen) atoms. The van der Waals surface area contributed by atoms with Gasteiger partial charge >= 0.3 is 12.0 Å². The number of methoxy groups -OCH3 is 2. The van der Waals surface area contributed by atoms with E-state index < -0.39 is 11.6 Å². The van der Waals surface area contributed by atoms with Crippen LogP contribution < -0.4 is 24.8 Å². The smallest absolute Gasteiger partial charge is 0.347 e. The van der Waals surface area contributed by atoms with Crippen molar-refractivity contribution >= 4 is 23.4 Å². The van der Waals surface area contributed by atoms with Crippen molar-refractivity contribution in [2.75, 3.05) is 24.9 Å². The zero-order valence-corrected chi connectivity index (χ0v) is 20.3. The number of ether oxygens (including phenoxy) is 3. The van der Waals surface area contributed by atoms with E-state index in [0.29, 0.717) is 28.6 Å². The SMILES string of the molecule is COc1ccc(NC(=O)Nc2cccc(CCc3ccc(OC(C)(C)C(=O)O)cc3)c2)cc1OC. The number of carbonyl (C=O) groups excluding carboxylic acids is 1. The third-order valence-electron chi connectivity index (χ3n) is 5.34. The molecule has 0 heterocycles. The maximum atomic E-state index is 12.5. The summed E-state index contributed by atoms with van der Waals surface area (Å²) in [6.07, 6.45) is 1.55. The van der Waals surface area contributed by atoms with Crippen LogP contribution in [0.25, 0.3) is 0 Å². The summed E-state index contributed by atoms with van der Waals surface area (Å²) in [7, 11) is 3.09. The molecule has 0 saturated heterocycles. The largest absolute Gasteiger partial charge is 0.493 e. The molecule has 8 nitrogen and oxygen atoms in total. The molecule has 0 unspecified atom stereocenters. The molecule has 0 aliphatic heterocycles. The van der Waals surface area contributed by atoms with Crippen LogP contribution in [0, 0.1) is 0 Å². The first kappa shape index (κ1) is 25.4. The molecule has 184 valence electrons. The number of aryl methyl sites for hydroxylation is 2. The van der Waals surface area contributed by atoms with Gasteiger partial charge in [0.2, 0.25) is 0 Å². The van der Waals surface area contributed by atoms with Crippen molar-refractivity contribution in [1.82, 2.24) is 0 Å². The standard InChI is InChI=1S/C27H30N2O6/c1-27(2,25(30)31)35-22-13-10-18(11-14-22)8-9-19-6-5-7-20(16-19)28-26(32)29-21-12-15-23(33-3)24(17-21)34-4/h5-7,10-17H,8-9H2,1-4H3,(H,30,31)(H2,28,29,32). The second kappa shape index (κ2) is 11.3. The number of hydrogen-bond donors (Lipinski definition) is 3. The van der Waals surface area contributed by atoms with E-state index >= 15 is 0 Å². The molecule has 0 aromatic heterocycles. The predicted octanol–water partition coefficient (Wildman–Crippen LogP) is 5.38. The first-order chi connectivity index (χ1) is 16.7. The molecule has 0 atom stereocenters. The van der Waals surface area contributed by atoms with Gasteiger partial charge in [0.15, 0.2) is 17.1 Å². The van der Waals surface area contributed by atoms with Crippen molar-refractivity contribution in [1.29, 1.82) is 0 Å². The lowest BCUT2D eigenvalue weighted by Crippen LogP contribution is -2.37. The van der Waals surface area contributed by atoms with E-state index in [1.165, 1.54) is 21.0 Å². The summed E-state index contributed by atoms with van der Waals surface area (Å²) in [6.45, 7) is 3.02. The van der Waals surface area contributed by atoms with Crippen molar-refractivity contribution in [3.05, 3.63) is 77.9 Å². The Labute approximate surface area is 204 Å². The van der Waals surface area contributed by atoms with Crippen LogP contribution in [0.4, 0.5) is 16.2 Å². The summed E-state index contributed by atoms with van der Waals surface area (Å²) >= 11 is 0. The van der Waals surface area contributed by atoms with E-state index in [1.807, 2.05) is 36.4 Å². The fraction of sp³-hybridized carbons (Fsp3) is 0.259. The molecule has 0 saturated carbocycles. The summed E-state index contributed by atoms with van der Waals surface area (Å²) in [6, 6.07) is 19.8. The summed E-state index contributed by atoms with van der Waals surface area (Å²) in [5, 5.41) is 14.8. The first-order valence-corrected chi connectivity index (χ1v) is 11.1. The number of aliphatic carboxylic acids is 1. The number of hydrogen-bond acceptors (Lipinski definition) is 5. The molecule has 0 aliphatic rings. The van der Waals surface area contributed by atoms with E-state index in [4.69, 9.17) is 14.2 Å². The Balaban J connectivity index is 1.55. The fourth-order valence-corrected chi connectivity index (χ4v) is 3.36. The Morgan fingerprint density at radius 2 is 1.43 bits per heavy atom. The van der Waals surface area contributed by atoms with Gasteiger partial charge in [0.1, 0.15) is 5.75 Å². The van der Waals surface area contributed by atoms with Crippen LogP contribution in [0.3, 0.4) is 0 Å². The van der Waals surface area contributed by atoms with Gasteiger partial charge in [-0.1, -0.05) is 24.3 Å². The van der Waals surface area contributed by atoms with Gasteiger partial charge in [0, 0.05) is 17.4 Å². The van der Waals surface area contributed by atoms with Crippen molar-refractivity contribution < 1.29 is 28.9 Å². The first-order valence-electron chi connectivity index (χ1n) is 11.1. The molecule has 8 heteroatoms. The van der Waals surface area contributed by atoms with E-state index in [1.54, 1.807) is 37.4 Å². The van der Waals surface area contributed by atoms with Crippen LogP contribution in [0.15, 0.2) is 66.7 Å². The Hall–Kier alpha value is -4.20. The van der Waals surface area contributed by atoms with Crippen LogP contribution >= 0.6 is 0 Å². The predicted molar refractivity (Wildman–Crippen MR) is 135 cm³/mol. The maximum absolute atomic E-state index is 12.5. The van der Waals surface area contributed by atoms with Gasteiger partial charge in [-0.25, -0.2) is 9.59 Å². The lowest BCUT2D eigenvalue weighted by molar-refractivity contribution is -0.152. The number of nitrogens with one attached hydrogen (secondary N) is 2. The third kappa shape index (κ3) is 7.14. The number of benzene rings is 3. The van der Waals surface area contributed by atoms with Gasteiger partial charge < -0.3 is 30.0 Å². The highest BCUT2D eigenvalue weighted by Crippen LogP contribution is 2.29. The quantitative estimate of drug-likeness (QED) is 0.361. The van der Waals surface area contributed by atoms with E-state index in [0.717, 1.165) is 24.0 Å². The molecule has 0 spiro atoms. The van der Waals surface area contributed by atoms with Crippen LogP contribution in [-0.2, 0) is 17.6 Å². The van der Waals surface area contributed by atoms with E-state index in [-0.39, 0.29) is 6.03 Å². The molecule has 0 fully saturated rings. The van der Waals surface area contributed by atoms with Crippen LogP contribution in [0.5, 0.6) is 17.2 Å². The highest BCUT2D eigenvalue weighted by molar-refractivity contribution is 6.00. The highest BCUT2D eigenvalue weighted by Gasteiger charge is 2.29. The van der Waals surface area contributed by atoms with Crippen LogP contribution in [0.2, 0.25) is 0 Å². The maximum Gasteiger partial charge on any atom is 0.347 e. The third-order valence-corrected chi connectivity index (χ3v) is 5.34. The molecule has 3 N–H and O–H groups in total. The van der Waals surface area contributed by atoms with Gasteiger partial charge in [0.25, 0.3) is 0 Å². The highest BCUT2D eigenvalue weighted by atomic mass is 16.5. The molecule has 3 rings (SSSR count). The Bertz CT molecular complexity index is 1170. The molecule has 0 radical (unpaired) electrons. The number of anilines is 2. The van der Waals surface area contributed by atoms with Gasteiger partial charge in [-0.05, 0) is 74.2 Å². The second-order valence-electron chi connectivity index (χ2n) is 8.41. The minimum Gasteiger partial charge on any atom is -0.493 e. The van der Waals surface area contributed by atoms with Crippen molar-refractivity contribution in [2.24, 2.45) is 0 Å². The Kier molecular flexibility index (Phi) is 8.20. The van der Waals surface area contributed by atoms with Crippen LogP contribution in [-0.4, -0.2) is 36.9 Å². The molecule has 3 aromatic rings. The number of carbonyl (C=O) groups is 2. The average molecular weight is 479 g/mol. The lowest BCUT2D eigenvalue weighted by Gasteiger charge is -2.21. The molecular formula is C27H30N2O6. The number of carboxylic acids is 1. The van der Waals surface area contributed by atoms with Gasteiger partial charge in [-0.3, -0.25) is 0 Å². The minimum absolute atomic E-state index is 0.366. The summed E-state index contributed by atoms with van der Waals surface area (Å²) in [5.74, 6) is 0.593. The number of urea groups is 1.